The average Bonchev–Trinajstić information content (AvgIpc) is 3.62. The van der Waals surface area contributed by atoms with E-state index in [4.69, 9.17) is 0 Å². The average molecular weight is 795 g/mol. The van der Waals surface area contributed by atoms with Gasteiger partial charge in [-0.3, -0.25) is 0 Å². The molecule has 10 aromatic carbocycles. The van der Waals surface area contributed by atoms with Crippen molar-refractivity contribution in [1.82, 2.24) is 19.5 Å². The summed E-state index contributed by atoms with van der Waals surface area (Å²) in [5.74, 6) is 0. The molecule has 12 aromatic rings. The lowest BCUT2D eigenvalue weighted by molar-refractivity contribution is -0.869. The molecule has 5 unspecified atom stereocenters. The van der Waals surface area contributed by atoms with E-state index >= 15 is 0 Å². The highest BCUT2D eigenvalue weighted by atomic mass is 15.9. The molecular formula is C57H40N5+. The van der Waals surface area contributed by atoms with Gasteiger partial charge in [0.1, 0.15) is 6.17 Å². The molecule has 2 N–H and O–H groups in total. The number of para-hydroxylation sites is 2. The number of aromatic nitrogens is 2. The normalized spacial score (nSPS) is 19.7. The molecule has 5 nitrogen and oxygen atoms in total. The van der Waals surface area contributed by atoms with Gasteiger partial charge in [-0.05, 0) is 87.1 Å². The van der Waals surface area contributed by atoms with Crippen molar-refractivity contribution in [2.75, 3.05) is 0 Å². The highest BCUT2D eigenvalue weighted by Crippen LogP contribution is 2.45. The Balaban J connectivity index is 1.03. The predicted octanol–water partition coefficient (Wildman–Crippen LogP) is 12.5. The van der Waals surface area contributed by atoms with Gasteiger partial charge in [-0.15, -0.1) is 0 Å². The molecule has 2 aliphatic rings. The van der Waals surface area contributed by atoms with Crippen molar-refractivity contribution in [2.24, 2.45) is 0 Å². The van der Waals surface area contributed by atoms with Gasteiger partial charge in [-0.25, -0.2) is 10.3 Å². The van der Waals surface area contributed by atoms with Gasteiger partial charge in [0.2, 0.25) is 6.17 Å². The van der Waals surface area contributed by atoms with Crippen molar-refractivity contribution in [3.05, 3.63) is 229 Å². The maximum Gasteiger partial charge on any atom is 0.234 e. The van der Waals surface area contributed by atoms with Crippen LogP contribution in [0.15, 0.2) is 212 Å². The molecule has 5 heteroatoms. The molecule has 0 spiro atoms. The molecule has 4 heterocycles. The zero-order valence-corrected chi connectivity index (χ0v) is 33.8. The monoisotopic (exact) mass is 794 g/mol. The van der Waals surface area contributed by atoms with Crippen LogP contribution in [-0.2, 0) is 0 Å². The Hall–Kier alpha value is -7.54. The highest BCUT2D eigenvalue weighted by Gasteiger charge is 2.67. The summed E-state index contributed by atoms with van der Waals surface area (Å²) < 4.78 is 5.02. The maximum atomic E-state index is 4.21. The van der Waals surface area contributed by atoms with Gasteiger partial charge in [0.15, 0.2) is 6.17 Å². The van der Waals surface area contributed by atoms with Crippen molar-refractivity contribution in [3.63, 3.8) is 0 Å². The van der Waals surface area contributed by atoms with E-state index in [9.17, 15) is 0 Å². The van der Waals surface area contributed by atoms with Crippen LogP contribution >= 0.6 is 0 Å². The summed E-state index contributed by atoms with van der Waals surface area (Å²) in [5.41, 5.74) is 11.1. The summed E-state index contributed by atoms with van der Waals surface area (Å²) in [6.07, 6.45) is 0.232. The summed E-state index contributed by atoms with van der Waals surface area (Å²) >= 11 is 0. The smallest absolute Gasteiger partial charge is 0.234 e. The third-order valence-electron chi connectivity index (χ3n) is 13.8. The van der Waals surface area contributed by atoms with Gasteiger partial charge in [0.05, 0.1) is 33.3 Å². The van der Waals surface area contributed by atoms with E-state index in [0.29, 0.717) is 0 Å². The summed E-state index contributed by atoms with van der Waals surface area (Å²) in [6, 6.07) is 78.7. The minimum absolute atomic E-state index is 0.0129. The zero-order chi connectivity index (χ0) is 40.5. The van der Waals surface area contributed by atoms with Crippen LogP contribution in [0.25, 0.3) is 87.3 Å². The molecule has 2 fully saturated rings. The second-order valence-corrected chi connectivity index (χ2v) is 17.1. The standard InChI is InChI=1S/C57H39N5/c1-2-16-38(17-3-1)57-61-55(42-27-26-36-14-4-5-18-39(36)32-42)58-56(62(57)61)47-30-28-37-15-8-9-21-44(37)54(47)60-52-31-29-43(35-49(52)48-33-40-19-6-7-20-41(40)34-53(48)60)59-50-24-12-10-22-45(50)46-23-11-13-25-51(46)59/h1-35,55-58H/p+1. The van der Waals surface area contributed by atoms with Crippen LogP contribution in [0.3, 0.4) is 0 Å². The van der Waals surface area contributed by atoms with E-state index in [-0.39, 0.29) is 18.5 Å². The van der Waals surface area contributed by atoms with Crippen LogP contribution in [0.1, 0.15) is 35.2 Å². The lowest BCUT2D eigenvalue weighted by Crippen LogP contribution is -2.95. The van der Waals surface area contributed by atoms with Crippen LogP contribution < -0.4 is 10.3 Å². The molecule has 292 valence electrons. The van der Waals surface area contributed by atoms with Gasteiger partial charge >= 0.3 is 0 Å². The molecule has 14 rings (SSSR count). The van der Waals surface area contributed by atoms with Crippen molar-refractivity contribution >= 4 is 75.9 Å². The lowest BCUT2D eigenvalue weighted by Gasteiger charge is -2.22. The van der Waals surface area contributed by atoms with Gasteiger partial charge in [0, 0.05) is 38.2 Å². The molecule has 0 aliphatic carbocycles. The third-order valence-corrected chi connectivity index (χ3v) is 13.8. The van der Waals surface area contributed by atoms with E-state index in [2.05, 4.69) is 232 Å². The fraction of sp³-hybridized carbons (Fsp3) is 0.0526. The van der Waals surface area contributed by atoms with Gasteiger partial charge in [0.25, 0.3) is 0 Å². The Kier molecular flexibility index (Phi) is 7.16. The fourth-order valence-electron chi connectivity index (χ4n) is 11.0. The first kappa shape index (κ1) is 34.2. The van der Waals surface area contributed by atoms with Gasteiger partial charge in [-0.2, -0.15) is 0 Å². The van der Waals surface area contributed by atoms with Crippen molar-refractivity contribution in [1.29, 1.82) is 0 Å². The Bertz CT molecular complexity index is 3730. The number of nitrogens with zero attached hydrogens (tertiary/aromatic N) is 3. The van der Waals surface area contributed by atoms with E-state index in [1.807, 2.05) is 0 Å². The van der Waals surface area contributed by atoms with Gasteiger partial charge < -0.3 is 9.13 Å². The fourth-order valence-corrected chi connectivity index (χ4v) is 11.0. The number of benzene rings is 10. The van der Waals surface area contributed by atoms with Crippen LogP contribution in [0.2, 0.25) is 0 Å². The predicted molar refractivity (Wildman–Crippen MR) is 255 cm³/mol. The molecule has 2 aliphatic heterocycles. The quantitative estimate of drug-likeness (QED) is 0.170. The van der Waals surface area contributed by atoms with Crippen LogP contribution in [0, 0.1) is 0 Å². The number of nitrogens with one attached hydrogen (secondary N) is 2. The topological polar surface area (TPSA) is 29.3 Å². The van der Waals surface area contributed by atoms with Gasteiger partial charge in [-0.1, -0.05) is 163 Å². The molecule has 5 atom stereocenters. The molecular weight excluding hydrogens is 755 g/mol. The lowest BCUT2D eigenvalue weighted by atomic mass is 10.00. The molecule has 0 radical (unpaired) electrons. The van der Waals surface area contributed by atoms with Crippen molar-refractivity contribution in [2.45, 2.75) is 18.5 Å². The second-order valence-electron chi connectivity index (χ2n) is 17.1. The molecule has 0 saturated carbocycles. The minimum atomic E-state index is -0.0129. The van der Waals surface area contributed by atoms with E-state index < -0.39 is 0 Å². The third kappa shape index (κ3) is 4.90. The van der Waals surface area contributed by atoms with Crippen LogP contribution in [0.4, 0.5) is 0 Å². The second kappa shape index (κ2) is 13.0. The SMILES string of the molecule is c1ccc(C2N3C(c4ccc5ccccc5c4)NC(c4ccc5ccccc5c4-n4c5ccc(-n6c7ccccc7c7ccccc76)cc5c5cc6ccccc6cc54)[NH+]23)cc1. The Morgan fingerprint density at radius 3 is 1.71 bits per heavy atom. The van der Waals surface area contributed by atoms with Crippen molar-refractivity contribution in [3.8, 4) is 11.4 Å². The molecule has 2 saturated heterocycles. The van der Waals surface area contributed by atoms with E-state index in [0.717, 1.165) is 5.69 Å². The first-order valence-corrected chi connectivity index (χ1v) is 21.7. The first-order chi connectivity index (χ1) is 30.8. The van der Waals surface area contributed by atoms with Crippen LogP contribution in [-0.4, -0.2) is 14.1 Å². The summed E-state index contributed by atoms with van der Waals surface area (Å²) in [4.78, 5) is 0. The Morgan fingerprint density at radius 2 is 0.952 bits per heavy atom. The maximum absolute atomic E-state index is 4.21. The number of fused-ring (bicyclic) bond motifs is 10. The minimum Gasteiger partial charge on any atom is -0.309 e. The first-order valence-electron chi connectivity index (χ1n) is 21.7. The number of quaternary nitrogens is 1. The Morgan fingerprint density at radius 1 is 0.371 bits per heavy atom. The molecule has 0 bridgehead atoms. The summed E-state index contributed by atoms with van der Waals surface area (Å²) in [7, 11) is 0. The van der Waals surface area contributed by atoms with E-state index in [1.165, 1.54) is 103 Å². The Labute approximate surface area is 357 Å². The molecule has 62 heavy (non-hydrogen) atoms. The number of hydrogen-bond donors (Lipinski definition) is 2. The van der Waals surface area contributed by atoms with Crippen LogP contribution in [0.5, 0.6) is 0 Å². The zero-order valence-electron chi connectivity index (χ0n) is 33.8. The molecule has 2 aromatic heterocycles. The summed E-state index contributed by atoms with van der Waals surface area (Å²) in [5, 5.41) is 20.7. The summed E-state index contributed by atoms with van der Waals surface area (Å²) in [6.45, 7) is 0. The largest absolute Gasteiger partial charge is 0.309 e. The number of rotatable bonds is 5. The van der Waals surface area contributed by atoms with E-state index in [1.54, 1.807) is 0 Å². The molecule has 0 amide bonds. The highest BCUT2D eigenvalue weighted by molar-refractivity contribution is 6.16. The van der Waals surface area contributed by atoms with Crippen molar-refractivity contribution < 1.29 is 5.01 Å². The number of hydrogen-bond acceptors (Lipinski definition) is 2.